The van der Waals surface area contributed by atoms with Crippen LogP contribution in [0.1, 0.15) is 25.5 Å². The number of thiocarbonyl (C=S) groups is 1. The third-order valence-electron chi connectivity index (χ3n) is 3.15. The molecule has 20 heavy (non-hydrogen) atoms. The number of hydrogen-bond acceptors (Lipinski definition) is 3. The van der Waals surface area contributed by atoms with Gasteiger partial charge in [0.15, 0.2) is 10.9 Å². The first-order valence-electron chi connectivity index (χ1n) is 6.06. The third kappa shape index (κ3) is 2.86. The van der Waals surface area contributed by atoms with Crippen molar-refractivity contribution in [2.45, 2.75) is 19.9 Å². The highest BCUT2D eigenvalue weighted by Crippen LogP contribution is 2.35. The fraction of sp³-hybridized carbons (Fsp3) is 0.286. The number of ether oxygens (including phenoxy) is 1. The molecular formula is C14H15BrN2O2S. The van der Waals surface area contributed by atoms with Crippen LogP contribution in [0.4, 0.5) is 0 Å². The van der Waals surface area contributed by atoms with E-state index in [1.165, 1.54) is 0 Å². The largest absolute Gasteiger partial charge is 0.496 e. The molecule has 0 aromatic heterocycles. The Morgan fingerprint density at radius 1 is 1.45 bits per heavy atom. The predicted octanol–water partition coefficient (Wildman–Crippen LogP) is 2.84. The first-order chi connectivity index (χ1) is 9.43. The summed E-state index contributed by atoms with van der Waals surface area (Å²) in [6, 6.07) is 5.37. The maximum Gasteiger partial charge on any atom is 0.171 e. The van der Waals surface area contributed by atoms with Crippen molar-refractivity contribution in [2.24, 2.45) is 0 Å². The first-order valence-corrected chi connectivity index (χ1v) is 7.26. The van der Waals surface area contributed by atoms with Crippen LogP contribution in [0.25, 0.3) is 0 Å². The van der Waals surface area contributed by atoms with Crippen LogP contribution in [-0.2, 0) is 4.79 Å². The van der Waals surface area contributed by atoms with E-state index in [4.69, 9.17) is 17.0 Å². The highest BCUT2D eigenvalue weighted by Gasteiger charge is 2.29. The molecule has 0 fully saturated rings. The molecule has 6 heteroatoms. The number of nitrogens with one attached hydrogen (secondary N) is 2. The van der Waals surface area contributed by atoms with E-state index >= 15 is 0 Å². The molecule has 1 aliphatic rings. The lowest BCUT2D eigenvalue weighted by Crippen LogP contribution is -2.44. The molecule has 1 aromatic rings. The summed E-state index contributed by atoms with van der Waals surface area (Å²) in [5, 5.41) is 6.63. The van der Waals surface area contributed by atoms with Gasteiger partial charge in [-0.2, -0.15) is 0 Å². The summed E-state index contributed by atoms with van der Waals surface area (Å²) in [5.74, 6) is 0.707. The van der Waals surface area contributed by atoms with Gasteiger partial charge < -0.3 is 15.4 Å². The molecule has 0 amide bonds. The molecule has 1 atom stereocenters. The van der Waals surface area contributed by atoms with E-state index in [1.54, 1.807) is 14.0 Å². The van der Waals surface area contributed by atoms with Crippen LogP contribution in [0.2, 0.25) is 0 Å². The molecule has 2 rings (SSSR count). The predicted molar refractivity (Wildman–Crippen MR) is 85.7 cm³/mol. The number of benzene rings is 1. The molecule has 4 nitrogen and oxygen atoms in total. The van der Waals surface area contributed by atoms with Crippen molar-refractivity contribution in [1.82, 2.24) is 10.6 Å². The second-order valence-electron chi connectivity index (χ2n) is 4.51. The van der Waals surface area contributed by atoms with E-state index in [9.17, 15) is 4.79 Å². The fourth-order valence-electron chi connectivity index (χ4n) is 2.32. The SMILES string of the molecule is COc1ccc(Br)cc1[C@H]1NC(=S)NC(C)=C1C(C)=O. The molecule has 2 N–H and O–H groups in total. The number of carbonyl (C=O) groups excluding carboxylic acids is 1. The normalized spacial score (nSPS) is 18.4. The average molecular weight is 355 g/mol. The minimum Gasteiger partial charge on any atom is -0.496 e. The van der Waals surface area contributed by atoms with Crippen molar-refractivity contribution >= 4 is 39.0 Å². The Morgan fingerprint density at radius 3 is 2.75 bits per heavy atom. The number of carbonyl (C=O) groups is 1. The third-order valence-corrected chi connectivity index (χ3v) is 3.86. The van der Waals surface area contributed by atoms with Gasteiger partial charge in [0.25, 0.3) is 0 Å². The number of allylic oxidation sites excluding steroid dienone is 1. The van der Waals surface area contributed by atoms with Gasteiger partial charge in [0.2, 0.25) is 0 Å². The lowest BCUT2D eigenvalue weighted by atomic mass is 9.92. The van der Waals surface area contributed by atoms with Crippen LogP contribution in [0.5, 0.6) is 5.75 Å². The molecule has 0 bridgehead atoms. The van der Waals surface area contributed by atoms with Crippen LogP contribution in [0, 0.1) is 0 Å². The van der Waals surface area contributed by atoms with Crippen LogP contribution in [0.3, 0.4) is 0 Å². The zero-order valence-corrected chi connectivity index (χ0v) is 13.8. The van der Waals surface area contributed by atoms with Crippen LogP contribution in [-0.4, -0.2) is 18.0 Å². The Labute approximate surface area is 131 Å². The van der Waals surface area contributed by atoms with Crippen molar-refractivity contribution in [3.63, 3.8) is 0 Å². The zero-order valence-electron chi connectivity index (χ0n) is 11.4. The fourth-order valence-corrected chi connectivity index (χ4v) is 2.97. The van der Waals surface area contributed by atoms with E-state index in [0.29, 0.717) is 16.4 Å². The lowest BCUT2D eigenvalue weighted by molar-refractivity contribution is -0.114. The monoisotopic (exact) mass is 354 g/mol. The summed E-state index contributed by atoms with van der Waals surface area (Å²) in [7, 11) is 1.61. The van der Waals surface area contributed by atoms with Crippen molar-refractivity contribution in [3.05, 3.63) is 39.5 Å². The summed E-state index contributed by atoms with van der Waals surface area (Å²) < 4.78 is 6.31. The van der Waals surface area contributed by atoms with Gasteiger partial charge in [-0.25, -0.2) is 0 Å². The van der Waals surface area contributed by atoms with Crippen LogP contribution < -0.4 is 15.4 Å². The van der Waals surface area contributed by atoms with E-state index in [2.05, 4.69) is 26.6 Å². The van der Waals surface area contributed by atoms with Gasteiger partial charge in [-0.3, -0.25) is 4.79 Å². The quantitative estimate of drug-likeness (QED) is 0.817. The topological polar surface area (TPSA) is 50.4 Å². The zero-order chi connectivity index (χ0) is 14.9. The minimum atomic E-state index is -0.311. The molecular weight excluding hydrogens is 340 g/mol. The van der Waals surface area contributed by atoms with Gasteiger partial charge in [-0.1, -0.05) is 15.9 Å². The molecule has 0 saturated carbocycles. The van der Waals surface area contributed by atoms with E-state index in [-0.39, 0.29) is 11.8 Å². The van der Waals surface area contributed by atoms with E-state index in [0.717, 1.165) is 15.7 Å². The van der Waals surface area contributed by atoms with Crippen molar-refractivity contribution in [1.29, 1.82) is 0 Å². The first kappa shape index (κ1) is 15.0. The second-order valence-corrected chi connectivity index (χ2v) is 5.84. The number of Topliss-reactive ketones (excluding diaryl/α,β-unsaturated/α-hetero) is 1. The summed E-state index contributed by atoms with van der Waals surface area (Å²) in [5.41, 5.74) is 2.30. The van der Waals surface area contributed by atoms with Gasteiger partial charge in [0, 0.05) is 21.3 Å². The maximum atomic E-state index is 12.0. The second kappa shape index (κ2) is 5.93. The molecule has 1 aromatic carbocycles. The average Bonchev–Trinajstić information content (AvgIpc) is 2.37. The number of methoxy groups -OCH3 is 1. The van der Waals surface area contributed by atoms with Gasteiger partial charge in [-0.15, -0.1) is 0 Å². The van der Waals surface area contributed by atoms with Crippen LogP contribution in [0.15, 0.2) is 33.9 Å². The van der Waals surface area contributed by atoms with Crippen molar-refractivity contribution in [2.75, 3.05) is 7.11 Å². The summed E-state index contributed by atoms with van der Waals surface area (Å²) in [4.78, 5) is 12.0. The number of halogens is 1. The molecule has 0 saturated heterocycles. The number of hydrogen-bond donors (Lipinski definition) is 2. The van der Waals surface area contributed by atoms with Gasteiger partial charge in [-0.05, 0) is 44.3 Å². The molecule has 0 radical (unpaired) electrons. The Morgan fingerprint density at radius 2 is 2.15 bits per heavy atom. The maximum absolute atomic E-state index is 12.0. The Balaban J connectivity index is 2.59. The van der Waals surface area contributed by atoms with Gasteiger partial charge >= 0.3 is 0 Å². The number of ketones is 1. The van der Waals surface area contributed by atoms with Gasteiger partial charge in [0.05, 0.1) is 13.2 Å². The molecule has 106 valence electrons. The van der Waals surface area contributed by atoms with Crippen molar-refractivity contribution < 1.29 is 9.53 Å². The highest BCUT2D eigenvalue weighted by molar-refractivity contribution is 9.10. The molecule has 1 heterocycles. The van der Waals surface area contributed by atoms with Gasteiger partial charge in [0.1, 0.15) is 5.75 Å². The van der Waals surface area contributed by atoms with Crippen molar-refractivity contribution in [3.8, 4) is 5.75 Å². The Bertz CT molecular complexity index is 613. The smallest absolute Gasteiger partial charge is 0.171 e. The summed E-state index contributed by atoms with van der Waals surface area (Å²) in [6.07, 6.45) is 0. The summed E-state index contributed by atoms with van der Waals surface area (Å²) >= 11 is 8.64. The molecule has 0 spiro atoms. The van der Waals surface area contributed by atoms with E-state index < -0.39 is 0 Å². The minimum absolute atomic E-state index is 0.00275. The molecule has 1 aliphatic heterocycles. The standard InChI is InChI=1S/C14H15BrN2O2S/c1-7-12(8(2)18)13(17-14(20)16-7)10-6-9(15)4-5-11(10)19-3/h4-6,13H,1-3H3,(H2,16,17,20)/t13-/m1/s1. The number of rotatable bonds is 3. The summed E-state index contributed by atoms with van der Waals surface area (Å²) in [6.45, 7) is 3.40. The highest BCUT2D eigenvalue weighted by atomic mass is 79.9. The lowest BCUT2D eigenvalue weighted by Gasteiger charge is -2.30. The molecule has 0 aliphatic carbocycles. The Kier molecular flexibility index (Phi) is 4.45. The van der Waals surface area contributed by atoms with E-state index in [1.807, 2.05) is 25.1 Å². The van der Waals surface area contributed by atoms with Crippen LogP contribution >= 0.6 is 28.1 Å². The Hall–Kier alpha value is -1.40. The molecule has 0 unspecified atom stereocenters.